The van der Waals surface area contributed by atoms with Crippen molar-refractivity contribution in [3.8, 4) is 0 Å². The van der Waals surface area contributed by atoms with Gasteiger partial charge in [0.25, 0.3) is 0 Å². The molecule has 0 fully saturated rings. The molecule has 2 rings (SSSR count). The lowest BCUT2D eigenvalue weighted by atomic mass is 10.1. The van der Waals surface area contributed by atoms with Crippen LogP contribution in [0.25, 0.3) is 10.2 Å². The molecule has 2 N–H and O–H groups in total. The number of anilines is 1. The lowest BCUT2D eigenvalue weighted by Crippen LogP contribution is -2.21. The molecule has 2 aromatic rings. The summed E-state index contributed by atoms with van der Waals surface area (Å²) in [6.45, 7) is 8.05. The van der Waals surface area contributed by atoms with E-state index >= 15 is 0 Å². The zero-order valence-electron chi connectivity index (χ0n) is 11.2. The Hall–Kier alpha value is -1.20. The van der Waals surface area contributed by atoms with E-state index in [9.17, 15) is 5.11 Å². The summed E-state index contributed by atoms with van der Waals surface area (Å²) in [7, 11) is 0. The molecule has 2 aromatic heterocycles. The first-order valence-corrected chi connectivity index (χ1v) is 6.96. The number of nitrogens with zero attached hydrogens (tertiary/aromatic N) is 2. The van der Waals surface area contributed by atoms with Crippen molar-refractivity contribution < 1.29 is 5.11 Å². The maximum atomic E-state index is 9.40. The van der Waals surface area contributed by atoms with Crippen LogP contribution in [0.3, 0.4) is 0 Å². The van der Waals surface area contributed by atoms with Crippen molar-refractivity contribution in [1.82, 2.24) is 9.97 Å². The van der Waals surface area contributed by atoms with Gasteiger partial charge in [0, 0.05) is 10.9 Å². The van der Waals surface area contributed by atoms with E-state index in [1.54, 1.807) is 24.6 Å². The van der Waals surface area contributed by atoms with E-state index in [4.69, 9.17) is 0 Å². The van der Waals surface area contributed by atoms with Crippen LogP contribution < -0.4 is 5.32 Å². The maximum absolute atomic E-state index is 9.40. The fraction of sp³-hybridized carbons (Fsp3) is 0.538. The summed E-state index contributed by atoms with van der Waals surface area (Å²) in [6, 6.07) is 0.183. The molecule has 0 aromatic carbocycles. The number of hydrogen-bond donors (Lipinski definition) is 2. The predicted octanol–water partition coefficient (Wildman–Crippen LogP) is 2.88. The van der Waals surface area contributed by atoms with E-state index in [0.717, 1.165) is 16.0 Å². The van der Waals surface area contributed by atoms with Crippen molar-refractivity contribution in [1.29, 1.82) is 0 Å². The molecule has 0 amide bonds. The molecule has 0 radical (unpaired) electrons. The molecule has 5 heteroatoms. The summed E-state index contributed by atoms with van der Waals surface area (Å²) >= 11 is 1.69. The van der Waals surface area contributed by atoms with Crippen molar-refractivity contribution in [3.05, 3.63) is 16.8 Å². The standard InChI is InChI=1S/C13H19N3OS/c1-7(5-8(2)17)16-12-11-9(3)10(4)18-13(11)15-6-14-12/h6-8,17H,5H2,1-4H3,(H,14,15,16). The molecule has 2 heterocycles. The highest BCUT2D eigenvalue weighted by Crippen LogP contribution is 2.32. The lowest BCUT2D eigenvalue weighted by Gasteiger charge is -2.16. The number of rotatable bonds is 4. The SMILES string of the molecule is Cc1sc2ncnc(NC(C)CC(C)O)c2c1C. The van der Waals surface area contributed by atoms with Gasteiger partial charge in [-0.25, -0.2) is 9.97 Å². The van der Waals surface area contributed by atoms with Crippen molar-refractivity contribution in [2.45, 2.75) is 46.3 Å². The number of fused-ring (bicyclic) bond motifs is 1. The minimum absolute atomic E-state index is 0.183. The fourth-order valence-electron chi connectivity index (χ4n) is 2.10. The van der Waals surface area contributed by atoms with E-state index in [0.29, 0.717) is 6.42 Å². The first-order chi connectivity index (χ1) is 8.49. The van der Waals surface area contributed by atoms with Gasteiger partial charge in [0.15, 0.2) is 0 Å². The average Bonchev–Trinajstić information content (AvgIpc) is 2.54. The Morgan fingerprint density at radius 2 is 2.06 bits per heavy atom. The molecule has 0 aliphatic heterocycles. The summed E-state index contributed by atoms with van der Waals surface area (Å²) in [5.41, 5.74) is 1.24. The fourth-order valence-corrected chi connectivity index (χ4v) is 3.09. The van der Waals surface area contributed by atoms with Crippen LogP contribution in [-0.2, 0) is 0 Å². The average molecular weight is 265 g/mol. The van der Waals surface area contributed by atoms with E-state index in [1.807, 2.05) is 0 Å². The zero-order valence-corrected chi connectivity index (χ0v) is 12.0. The molecule has 98 valence electrons. The molecule has 2 unspecified atom stereocenters. The topological polar surface area (TPSA) is 58.0 Å². The number of hydrogen-bond acceptors (Lipinski definition) is 5. The summed E-state index contributed by atoms with van der Waals surface area (Å²) in [5.74, 6) is 0.870. The van der Waals surface area contributed by atoms with E-state index in [-0.39, 0.29) is 12.1 Å². The highest BCUT2D eigenvalue weighted by molar-refractivity contribution is 7.18. The summed E-state index contributed by atoms with van der Waals surface area (Å²) in [5, 5.41) is 13.9. The first kappa shape index (κ1) is 13.2. The van der Waals surface area contributed by atoms with Crippen molar-refractivity contribution in [2.75, 3.05) is 5.32 Å². The van der Waals surface area contributed by atoms with Gasteiger partial charge in [0.1, 0.15) is 17.0 Å². The normalized spacial score (nSPS) is 14.7. The molecule has 0 bridgehead atoms. The molecule has 0 saturated carbocycles. The Labute approximate surface area is 111 Å². The highest BCUT2D eigenvalue weighted by Gasteiger charge is 2.14. The summed E-state index contributed by atoms with van der Waals surface area (Å²) < 4.78 is 0. The van der Waals surface area contributed by atoms with Crippen LogP contribution in [0.1, 0.15) is 30.7 Å². The number of aromatic nitrogens is 2. The Morgan fingerprint density at radius 3 is 2.72 bits per heavy atom. The second-order valence-electron chi connectivity index (χ2n) is 4.82. The van der Waals surface area contributed by atoms with Crippen LogP contribution in [-0.4, -0.2) is 27.2 Å². The number of aliphatic hydroxyl groups excluding tert-OH is 1. The zero-order chi connectivity index (χ0) is 13.3. The molecule has 4 nitrogen and oxygen atoms in total. The Balaban J connectivity index is 2.33. The highest BCUT2D eigenvalue weighted by atomic mass is 32.1. The number of aliphatic hydroxyl groups is 1. The number of aryl methyl sites for hydroxylation is 2. The Kier molecular flexibility index (Phi) is 3.82. The molecular weight excluding hydrogens is 246 g/mol. The van der Waals surface area contributed by atoms with Gasteiger partial charge in [0.05, 0.1) is 11.5 Å². The third-order valence-electron chi connectivity index (χ3n) is 3.04. The quantitative estimate of drug-likeness (QED) is 0.892. The van der Waals surface area contributed by atoms with E-state index in [2.05, 4.69) is 36.1 Å². The monoisotopic (exact) mass is 265 g/mol. The first-order valence-electron chi connectivity index (χ1n) is 6.14. The minimum atomic E-state index is -0.310. The number of thiophene rings is 1. The van der Waals surface area contributed by atoms with Gasteiger partial charge < -0.3 is 10.4 Å². The van der Waals surface area contributed by atoms with Crippen LogP contribution in [0, 0.1) is 13.8 Å². The van der Waals surface area contributed by atoms with Gasteiger partial charge in [-0.2, -0.15) is 0 Å². The van der Waals surface area contributed by atoms with Crippen LogP contribution >= 0.6 is 11.3 Å². The molecular formula is C13H19N3OS. The Morgan fingerprint density at radius 1 is 1.33 bits per heavy atom. The van der Waals surface area contributed by atoms with E-state index in [1.165, 1.54) is 10.4 Å². The summed E-state index contributed by atoms with van der Waals surface area (Å²) in [4.78, 5) is 10.9. The minimum Gasteiger partial charge on any atom is -0.393 e. The second-order valence-corrected chi connectivity index (χ2v) is 6.02. The van der Waals surface area contributed by atoms with E-state index < -0.39 is 0 Å². The number of nitrogens with one attached hydrogen (secondary N) is 1. The van der Waals surface area contributed by atoms with Crippen molar-refractivity contribution in [3.63, 3.8) is 0 Å². The van der Waals surface area contributed by atoms with Gasteiger partial charge in [-0.15, -0.1) is 11.3 Å². The largest absolute Gasteiger partial charge is 0.393 e. The van der Waals surface area contributed by atoms with Gasteiger partial charge in [-0.3, -0.25) is 0 Å². The molecule has 0 aliphatic rings. The lowest BCUT2D eigenvalue weighted by molar-refractivity contribution is 0.179. The molecule has 0 aliphatic carbocycles. The summed E-state index contributed by atoms with van der Waals surface area (Å²) in [6.07, 6.45) is 1.98. The third kappa shape index (κ3) is 2.62. The van der Waals surface area contributed by atoms with Gasteiger partial charge in [-0.05, 0) is 39.7 Å². The molecule has 0 spiro atoms. The molecule has 0 saturated heterocycles. The predicted molar refractivity (Wildman–Crippen MR) is 76.3 cm³/mol. The molecule has 18 heavy (non-hydrogen) atoms. The van der Waals surface area contributed by atoms with Crippen LogP contribution in [0.2, 0.25) is 0 Å². The molecule has 2 atom stereocenters. The van der Waals surface area contributed by atoms with Gasteiger partial charge in [0.2, 0.25) is 0 Å². The Bertz CT molecular complexity index is 550. The van der Waals surface area contributed by atoms with Crippen molar-refractivity contribution in [2.24, 2.45) is 0 Å². The van der Waals surface area contributed by atoms with Gasteiger partial charge in [-0.1, -0.05) is 0 Å². The third-order valence-corrected chi connectivity index (χ3v) is 4.16. The van der Waals surface area contributed by atoms with Crippen LogP contribution in [0.5, 0.6) is 0 Å². The maximum Gasteiger partial charge on any atom is 0.138 e. The smallest absolute Gasteiger partial charge is 0.138 e. The van der Waals surface area contributed by atoms with Crippen LogP contribution in [0.15, 0.2) is 6.33 Å². The second kappa shape index (κ2) is 5.20. The van der Waals surface area contributed by atoms with Crippen LogP contribution in [0.4, 0.5) is 5.82 Å². The van der Waals surface area contributed by atoms with Gasteiger partial charge >= 0.3 is 0 Å². The van der Waals surface area contributed by atoms with Crippen molar-refractivity contribution >= 4 is 27.4 Å².